The normalized spacial score (nSPS) is 29.9. The molecule has 1 aromatic rings. The quantitative estimate of drug-likeness (QED) is 0.860. The highest BCUT2D eigenvalue weighted by Gasteiger charge is 2.37. The number of carbonyl (C=O) groups excluding carboxylic acids is 1. The van der Waals surface area contributed by atoms with Gasteiger partial charge in [0.1, 0.15) is 6.10 Å². The van der Waals surface area contributed by atoms with Gasteiger partial charge < -0.3 is 4.74 Å². The van der Waals surface area contributed by atoms with E-state index in [0.717, 1.165) is 18.0 Å². The van der Waals surface area contributed by atoms with Crippen molar-refractivity contribution in [1.29, 1.82) is 0 Å². The smallest absolute Gasteiger partial charge is 0.411 e. The molecule has 1 aromatic carbocycles. The second kappa shape index (κ2) is 5.01. The number of fused-ring (bicyclic) bond motifs is 3. The van der Waals surface area contributed by atoms with Crippen LogP contribution in [0.2, 0.25) is 0 Å². The molecule has 0 aliphatic heterocycles. The largest absolute Gasteiger partial charge is 0.446 e. The molecular formula is C15H19NO2. The molecule has 3 heteroatoms. The van der Waals surface area contributed by atoms with Crippen LogP contribution in [-0.4, -0.2) is 12.2 Å². The molecule has 1 atom stereocenters. The van der Waals surface area contributed by atoms with Gasteiger partial charge in [0.25, 0.3) is 0 Å². The van der Waals surface area contributed by atoms with Crippen LogP contribution in [0, 0.1) is 11.8 Å². The van der Waals surface area contributed by atoms with Crippen LogP contribution in [0.15, 0.2) is 30.3 Å². The average molecular weight is 245 g/mol. The van der Waals surface area contributed by atoms with Gasteiger partial charge >= 0.3 is 6.09 Å². The summed E-state index contributed by atoms with van der Waals surface area (Å²) >= 11 is 0. The van der Waals surface area contributed by atoms with E-state index < -0.39 is 0 Å². The molecule has 0 radical (unpaired) electrons. The van der Waals surface area contributed by atoms with Crippen LogP contribution in [-0.2, 0) is 4.74 Å². The summed E-state index contributed by atoms with van der Waals surface area (Å²) in [7, 11) is 0. The van der Waals surface area contributed by atoms with Crippen LogP contribution in [0.25, 0.3) is 0 Å². The van der Waals surface area contributed by atoms with Gasteiger partial charge in [0, 0.05) is 5.69 Å². The van der Waals surface area contributed by atoms with E-state index in [-0.39, 0.29) is 12.2 Å². The SMILES string of the molecule is O=C(Nc1ccccc1)OC1CC2CCC1CC2. The number of hydrogen-bond acceptors (Lipinski definition) is 2. The van der Waals surface area contributed by atoms with Gasteiger partial charge in [0.05, 0.1) is 0 Å². The number of benzene rings is 1. The van der Waals surface area contributed by atoms with E-state index in [1.165, 1.54) is 25.7 Å². The molecule has 1 unspecified atom stereocenters. The summed E-state index contributed by atoms with van der Waals surface area (Å²) in [5.41, 5.74) is 0.795. The van der Waals surface area contributed by atoms with Crippen LogP contribution in [0.3, 0.4) is 0 Å². The van der Waals surface area contributed by atoms with Gasteiger partial charge in [-0.25, -0.2) is 4.79 Å². The van der Waals surface area contributed by atoms with E-state index in [2.05, 4.69) is 5.32 Å². The Hall–Kier alpha value is -1.51. The molecule has 0 aromatic heterocycles. The van der Waals surface area contributed by atoms with Gasteiger partial charge in [-0.3, -0.25) is 5.32 Å². The fourth-order valence-corrected chi connectivity index (χ4v) is 3.27. The zero-order valence-electron chi connectivity index (χ0n) is 10.5. The highest BCUT2D eigenvalue weighted by molar-refractivity contribution is 5.84. The fraction of sp³-hybridized carbons (Fsp3) is 0.533. The summed E-state index contributed by atoms with van der Waals surface area (Å²) in [6, 6.07) is 9.47. The zero-order chi connectivity index (χ0) is 12.4. The number of anilines is 1. The summed E-state index contributed by atoms with van der Waals surface area (Å²) in [4.78, 5) is 11.8. The zero-order valence-corrected chi connectivity index (χ0v) is 10.5. The van der Waals surface area contributed by atoms with Crippen LogP contribution in [0.5, 0.6) is 0 Å². The summed E-state index contributed by atoms with van der Waals surface area (Å²) in [5.74, 6) is 1.38. The van der Waals surface area contributed by atoms with Crippen molar-refractivity contribution >= 4 is 11.8 Å². The maximum absolute atomic E-state index is 11.8. The first-order valence-corrected chi connectivity index (χ1v) is 6.84. The topological polar surface area (TPSA) is 38.3 Å². The predicted octanol–water partition coefficient (Wildman–Crippen LogP) is 3.81. The maximum Gasteiger partial charge on any atom is 0.411 e. The van der Waals surface area contributed by atoms with Gasteiger partial charge in [-0.15, -0.1) is 0 Å². The minimum absolute atomic E-state index is 0.140. The van der Waals surface area contributed by atoms with E-state index >= 15 is 0 Å². The Labute approximate surface area is 108 Å². The molecule has 4 rings (SSSR count). The number of ether oxygens (including phenoxy) is 1. The molecule has 3 fully saturated rings. The number of carbonyl (C=O) groups is 1. The van der Waals surface area contributed by atoms with Crippen LogP contribution in [0.1, 0.15) is 32.1 Å². The van der Waals surface area contributed by atoms with Gasteiger partial charge in [0.15, 0.2) is 0 Å². The average Bonchev–Trinajstić information content (AvgIpc) is 2.41. The van der Waals surface area contributed by atoms with E-state index in [1.54, 1.807) is 0 Å². The van der Waals surface area contributed by atoms with Crippen molar-refractivity contribution in [1.82, 2.24) is 0 Å². The Balaban J connectivity index is 1.55. The lowest BCUT2D eigenvalue weighted by molar-refractivity contribution is -0.00735. The summed E-state index contributed by atoms with van der Waals surface area (Å²) in [6.45, 7) is 0. The number of nitrogens with one attached hydrogen (secondary N) is 1. The number of para-hydroxylation sites is 1. The van der Waals surface area contributed by atoms with Crippen molar-refractivity contribution in [2.24, 2.45) is 11.8 Å². The fourth-order valence-electron chi connectivity index (χ4n) is 3.27. The van der Waals surface area contributed by atoms with Crippen LogP contribution >= 0.6 is 0 Å². The van der Waals surface area contributed by atoms with E-state index in [4.69, 9.17) is 4.74 Å². The molecule has 3 aliphatic carbocycles. The predicted molar refractivity (Wildman–Crippen MR) is 70.4 cm³/mol. The molecule has 0 heterocycles. The molecule has 2 bridgehead atoms. The lowest BCUT2D eigenvalue weighted by atomic mass is 9.69. The molecule has 1 N–H and O–H groups in total. The molecule has 1 amide bonds. The van der Waals surface area contributed by atoms with E-state index in [9.17, 15) is 4.79 Å². The van der Waals surface area contributed by atoms with Gasteiger partial charge in [0.2, 0.25) is 0 Å². The number of amides is 1. The molecule has 3 aliphatic rings. The van der Waals surface area contributed by atoms with Gasteiger partial charge in [-0.05, 0) is 56.1 Å². The monoisotopic (exact) mass is 245 g/mol. The first-order valence-electron chi connectivity index (χ1n) is 6.84. The van der Waals surface area contributed by atoms with Gasteiger partial charge in [-0.1, -0.05) is 18.2 Å². The molecular weight excluding hydrogens is 226 g/mol. The maximum atomic E-state index is 11.8. The highest BCUT2D eigenvalue weighted by atomic mass is 16.6. The van der Waals surface area contributed by atoms with Crippen molar-refractivity contribution in [3.63, 3.8) is 0 Å². The molecule has 3 nitrogen and oxygen atoms in total. The first kappa shape index (κ1) is 11.6. The van der Waals surface area contributed by atoms with Crippen molar-refractivity contribution in [2.75, 3.05) is 5.32 Å². The Kier molecular flexibility index (Phi) is 3.22. The third-order valence-electron chi connectivity index (χ3n) is 4.26. The second-order valence-electron chi connectivity index (χ2n) is 5.45. The summed E-state index contributed by atoms with van der Waals surface area (Å²) < 4.78 is 5.58. The van der Waals surface area contributed by atoms with Crippen LogP contribution < -0.4 is 5.32 Å². The van der Waals surface area contributed by atoms with Crippen LogP contribution in [0.4, 0.5) is 10.5 Å². The third kappa shape index (κ3) is 2.50. The lowest BCUT2D eigenvalue weighted by Gasteiger charge is -2.41. The summed E-state index contributed by atoms with van der Waals surface area (Å²) in [5, 5.41) is 2.79. The first-order chi connectivity index (χ1) is 8.81. The molecule has 0 spiro atoms. The Morgan fingerprint density at radius 2 is 1.83 bits per heavy atom. The molecule has 3 saturated carbocycles. The number of rotatable bonds is 2. The van der Waals surface area contributed by atoms with Crippen molar-refractivity contribution in [2.45, 2.75) is 38.2 Å². The van der Waals surface area contributed by atoms with Gasteiger partial charge in [-0.2, -0.15) is 0 Å². The van der Waals surface area contributed by atoms with E-state index in [1.807, 2.05) is 30.3 Å². The Morgan fingerprint density at radius 3 is 2.44 bits per heavy atom. The van der Waals surface area contributed by atoms with Crippen molar-refractivity contribution < 1.29 is 9.53 Å². The Bertz CT molecular complexity index is 410. The van der Waals surface area contributed by atoms with Crippen molar-refractivity contribution in [3.05, 3.63) is 30.3 Å². The summed E-state index contributed by atoms with van der Waals surface area (Å²) in [6.07, 6.45) is 6.00. The lowest BCUT2D eigenvalue weighted by Crippen LogP contribution is -2.39. The van der Waals surface area contributed by atoms with E-state index in [0.29, 0.717) is 5.92 Å². The Morgan fingerprint density at radius 1 is 1.11 bits per heavy atom. The molecule has 96 valence electrons. The molecule has 18 heavy (non-hydrogen) atoms. The standard InChI is InChI=1S/C15H19NO2/c17-15(16-13-4-2-1-3-5-13)18-14-10-11-6-8-12(14)9-7-11/h1-5,11-12,14H,6-10H2,(H,16,17). The van der Waals surface area contributed by atoms with Crippen molar-refractivity contribution in [3.8, 4) is 0 Å². The minimum Gasteiger partial charge on any atom is -0.446 e. The number of hydrogen-bond donors (Lipinski definition) is 1. The highest BCUT2D eigenvalue weighted by Crippen LogP contribution is 2.42. The molecule has 0 saturated heterocycles. The third-order valence-corrected chi connectivity index (χ3v) is 4.26. The second-order valence-corrected chi connectivity index (χ2v) is 5.45. The minimum atomic E-state index is -0.307.